The van der Waals surface area contributed by atoms with E-state index < -0.39 is 17.5 Å². The normalized spacial score (nSPS) is 23.2. The topological polar surface area (TPSA) is 70.0 Å². The van der Waals surface area contributed by atoms with E-state index in [0.717, 1.165) is 11.1 Å². The summed E-state index contributed by atoms with van der Waals surface area (Å²) in [6.07, 6.45) is -0.127. The second kappa shape index (κ2) is 9.13. The van der Waals surface area contributed by atoms with Crippen LogP contribution in [-0.2, 0) is 22.6 Å². The second-order valence-electron chi connectivity index (χ2n) is 7.23. The first-order valence-electron chi connectivity index (χ1n) is 9.39. The van der Waals surface area contributed by atoms with Gasteiger partial charge in [0.1, 0.15) is 5.41 Å². The molecule has 0 spiro atoms. The number of hydrogen-bond donors (Lipinski definition) is 2. The first-order valence-corrected chi connectivity index (χ1v) is 9.39. The number of rotatable bonds is 8. The van der Waals surface area contributed by atoms with Gasteiger partial charge in [-0.05, 0) is 30.5 Å². The zero-order valence-electron chi connectivity index (χ0n) is 15.5. The number of aliphatic hydroxyl groups excluding tert-OH is 1. The molecule has 144 valence electrons. The molecule has 5 heteroatoms. The number of likely N-dealkylation sites (tertiary alicyclic amines) is 1. The lowest BCUT2D eigenvalue weighted by Crippen LogP contribution is -2.56. The third kappa shape index (κ3) is 4.95. The van der Waals surface area contributed by atoms with Crippen molar-refractivity contribution in [1.29, 1.82) is 0 Å². The molecule has 0 radical (unpaired) electrons. The van der Waals surface area contributed by atoms with Gasteiger partial charge in [-0.1, -0.05) is 60.7 Å². The number of carboxylic acids is 1. The van der Waals surface area contributed by atoms with Gasteiger partial charge in [0.2, 0.25) is 0 Å². The van der Waals surface area contributed by atoms with Crippen LogP contribution in [0.15, 0.2) is 60.7 Å². The van der Waals surface area contributed by atoms with Crippen LogP contribution in [-0.4, -0.2) is 53.4 Å². The Labute approximate surface area is 160 Å². The number of hydrogen-bond acceptors (Lipinski definition) is 4. The molecule has 1 heterocycles. The smallest absolute Gasteiger partial charge is 0.312 e. The van der Waals surface area contributed by atoms with Gasteiger partial charge in [-0.2, -0.15) is 0 Å². The van der Waals surface area contributed by atoms with E-state index >= 15 is 0 Å². The molecule has 3 rings (SSSR count). The van der Waals surface area contributed by atoms with Crippen LogP contribution in [0.3, 0.4) is 0 Å². The molecule has 2 N–H and O–H groups in total. The third-order valence-corrected chi connectivity index (χ3v) is 5.39. The first-order chi connectivity index (χ1) is 13.1. The molecule has 0 bridgehead atoms. The minimum Gasteiger partial charge on any atom is -0.481 e. The number of aliphatic hydroxyl groups is 1. The lowest BCUT2D eigenvalue weighted by Gasteiger charge is -2.42. The molecule has 2 atom stereocenters. The Morgan fingerprint density at radius 1 is 1.07 bits per heavy atom. The molecular formula is C22H27NO4. The Hall–Kier alpha value is -2.21. The molecule has 0 aromatic heterocycles. The standard InChI is InChI=1S/C22H27NO4/c24-20-16-23(13-14-27-17-19-9-5-2-6-10-19)12-11-22(20,21(25)26)15-18-7-3-1-4-8-18/h1-10,20,24H,11-17H2,(H,25,26)/t20-,22+/m0/s1. The summed E-state index contributed by atoms with van der Waals surface area (Å²) in [4.78, 5) is 14.1. The molecular weight excluding hydrogens is 342 g/mol. The van der Waals surface area contributed by atoms with Crippen molar-refractivity contribution in [2.45, 2.75) is 25.6 Å². The molecule has 1 aliphatic rings. The highest BCUT2D eigenvalue weighted by molar-refractivity contribution is 5.76. The highest BCUT2D eigenvalue weighted by Crippen LogP contribution is 2.36. The Morgan fingerprint density at radius 3 is 2.30 bits per heavy atom. The van der Waals surface area contributed by atoms with Gasteiger partial charge in [0.25, 0.3) is 0 Å². The molecule has 0 unspecified atom stereocenters. The van der Waals surface area contributed by atoms with E-state index in [-0.39, 0.29) is 0 Å². The van der Waals surface area contributed by atoms with Gasteiger partial charge < -0.3 is 14.9 Å². The summed E-state index contributed by atoms with van der Waals surface area (Å²) >= 11 is 0. The first kappa shape index (κ1) is 19.5. The number of β-amino-alcohol motifs (C(OH)–C–C–N with tert-alkyl or cyclic N) is 1. The molecule has 5 nitrogen and oxygen atoms in total. The van der Waals surface area contributed by atoms with Crippen LogP contribution in [0.4, 0.5) is 0 Å². The van der Waals surface area contributed by atoms with Gasteiger partial charge in [0.15, 0.2) is 0 Å². The highest BCUT2D eigenvalue weighted by Gasteiger charge is 2.48. The van der Waals surface area contributed by atoms with Crippen LogP contribution in [0.25, 0.3) is 0 Å². The Balaban J connectivity index is 1.51. The molecule has 27 heavy (non-hydrogen) atoms. The predicted octanol–water partition coefficient (Wildman–Crippen LogP) is 2.58. The molecule has 2 aromatic rings. The van der Waals surface area contributed by atoms with Gasteiger partial charge in [-0.15, -0.1) is 0 Å². The number of piperidine rings is 1. The number of carbonyl (C=O) groups is 1. The summed E-state index contributed by atoms with van der Waals surface area (Å²) < 4.78 is 5.71. The van der Waals surface area contributed by atoms with Crippen LogP contribution in [0, 0.1) is 5.41 Å². The largest absolute Gasteiger partial charge is 0.481 e. The fourth-order valence-electron chi connectivity index (χ4n) is 3.69. The Kier molecular flexibility index (Phi) is 6.61. The van der Waals surface area contributed by atoms with E-state index in [2.05, 4.69) is 4.90 Å². The van der Waals surface area contributed by atoms with Gasteiger partial charge in [-0.3, -0.25) is 9.69 Å². The quantitative estimate of drug-likeness (QED) is 0.700. The van der Waals surface area contributed by atoms with E-state index in [0.29, 0.717) is 45.7 Å². The van der Waals surface area contributed by atoms with Crippen LogP contribution in [0.5, 0.6) is 0 Å². The molecule has 0 aliphatic carbocycles. The lowest BCUT2D eigenvalue weighted by atomic mass is 9.71. The minimum atomic E-state index is -1.12. The fourth-order valence-corrected chi connectivity index (χ4v) is 3.69. The van der Waals surface area contributed by atoms with Crippen molar-refractivity contribution in [3.8, 4) is 0 Å². The summed E-state index contributed by atoms with van der Waals surface area (Å²) in [5, 5.41) is 20.5. The maximum atomic E-state index is 12.0. The van der Waals surface area contributed by atoms with Gasteiger partial charge in [0, 0.05) is 13.1 Å². The van der Waals surface area contributed by atoms with Crippen molar-refractivity contribution < 1.29 is 19.7 Å². The summed E-state index contributed by atoms with van der Waals surface area (Å²) in [5.41, 5.74) is 0.950. The van der Waals surface area contributed by atoms with E-state index in [9.17, 15) is 15.0 Å². The summed E-state index contributed by atoms with van der Waals surface area (Å²) in [6, 6.07) is 19.5. The maximum Gasteiger partial charge on any atom is 0.312 e. The molecule has 0 saturated carbocycles. The summed E-state index contributed by atoms with van der Waals surface area (Å²) in [5.74, 6) is -0.918. The number of benzene rings is 2. The number of nitrogens with zero attached hydrogens (tertiary/aromatic N) is 1. The van der Waals surface area contributed by atoms with Crippen molar-refractivity contribution in [2.75, 3.05) is 26.2 Å². The monoisotopic (exact) mass is 369 g/mol. The number of carboxylic acid groups (broad SMARTS) is 1. The molecule has 1 aliphatic heterocycles. The van der Waals surface area contributed by atoms with E-state index in [1.165, 1.54) is 0 Å². The third-order valence-electron chi connectivity index (χ3n) is 5.39. The van der Waals surface area contributed by atoms with Crippen LogP contribution in [0.2, 0.25) is 0 Å². The van der Waals surface area contributed by atoms with Gasteiger partial charge in [-0.25, -0.2) is 0 Å². The average molecular weight is 369 g/mol. The lowest BCUT2D eigenvalue weighted by molar-refractivity contribution is -0.163. The maximum absolute atomic E-state index is 12.0. The van der Waals surface area contributed by atoms with Crippen molar-refractivity contribution in [2.24, 2.45) is 5.41 Å². The minimum absolute atomic E-state index is 0.350. The number of ether oxygens (including phenoxy) is 1. The Morgan fingerprint density at radius 2 is 1.70 bits per heavy atom. The predicted molar refractivity (Wildman–Crippen MR) is 103 cm³/mol. The zero-order valence-corrected chi connectivity index (χ0v) is 15.5. The van der Waals surface area contributed by atoms with Crippen molar-refractivity contribution in [3.63, 3.8) is 0 Å². The highest BCUT2D eigenvalue weighted by atomic mass is 16.5. The zero-order chi connectivity index (χ0) is 19.1. The average Bonchev–Trinajstić information content (AvgIpc) is 2.69. The molecule has 0 amide bonds. The van der Waals surface area contributed by atoms with Gasteiger partial charge in [0.05, 0.1) is 19.3 Å². The van der Waals surface area contributed by atoms with Gasteiger partial charge >= 0.3 is 5.97 Å². The van der Waals surface area contributed by atoms with Crippen molar-refractivity contribution >= 4 is 5.97 Å². The van der Waals surface area contributed by atoms with Crippen LogP contribution < -0.4 is 0 Å². The molecule has 1 fully saturated rings. The number of aliphatic carboxylic acids is 1. The summed E-state index contributed by atoms with van der Waals surface area (Å²) in [7, 11) is 0. The SMILES string of the molecule is O=C(O)[C@@]1(Cc2ccccc2)CCN(CCOCc2ccccc2)C[C@@H]1O. The van der Waals surface area contributed by atoms with Crippen molar-refractivity contribution in [3.05, 3.63) is 71.8 Å². The van der Waals surface area contributed by atoms with Crippen molar-refractivity contribution in [1.82, 2.24) is 4.90 Å². The molecule has 1 saturated heterocycles. The second-order valence-corrected chi connectivity index (χ2v) is 7.23. The van der Waals surface area contributed by atoms with E-state index in [1.54, 1.807) is 0 Å². The fraction of sp³-hybridized carbons (Fsp3) is 0.409. The van der Waals surface area contributed by atoms with E-state index in [1.807, 2.05) is 60.7 Å². The van der Waals surface area contributed by atoms with Crippen LogP contribution in [0.1, 0.15) is 17.5 Å². The Bertz CT molecular complexity index is 722. The molecule has 2 aromatic carbocycles. The summed E-state index contributed by atoms with van der Waals surface area (Å²) in [6.45, 7) is 2.80. The van der Waals surface area contributed by atoms with E-state index in [4.69, 9.17) is 4.74 Å². The van der Waals surface area contributed by atoms with Crippen LogP contribution >= 0.6 is 0 Å².